The van der Waals surface area contributed by atoms with Crippen LogP contribution in [0.25, 0.3) is 0 Å². The van der Waals surface area contributed by atoms with Crippen LogP contribution in [0, 0.1) is 0 Å². The summed E-state index contributed by atoms with van der Waals surface area (Å²) in [6, 6.07) is 13.2. The third-order valence-electron chi connectivity index (χ3n) is 3.44. The third-order valence-corrected chi connectivity index (χ3v) is 3.68. The summed E-state index contributed by atoms with van der Waals surface area (Å²) in [7, 11) is 0. The van der Waals surface area contributed by atoms with Crippen molar-refractivity contribution in [3.63, 3.8) is 0 Å². The van der Waals surface area contributed by atoms with E-state index in [0.29, 0.717) is 50.4 Å². The van der Waals surface area contributed by atoms with E-state index in [-0.39, 0.29) is 0 Å². The highest BCUT2D eigenvalue weighted by atomic mass is 35.5. The molecule has 0 bridgehead atoms. The van der Waals surface area contributed by atoms with Crippen molar-refractivity contribution in [2.75, 3.05) is 45.0 Å². The Morgan fingerprint density at radius 2 is 1.33 bits per heavy atom. The SMILES string of the molecule is Clc1ccc2c(c1)Nc1ccccc1OCCOCCOCCO2. The van der Waals surface area contributed by atoms with Gasteiger partial charge in [-0.3, -0.25) is 0 Å². The molecule has 2 aromatic carbocycles. The van der Waals surface area contributed by atoms with E-state index in [4.69, 9.17) is 30.5 Å². The summed E-state index contributed by atoms with van der Waals surface area (Å²) >= 11 is 6.13. The van der Waals surface area contributed by atoms with Crippen molar-refractivity contribution in [2.45, 2.75) is 0 Å². The van der Waals surface area contributed by atoms with Gasteiger partial charge in [-0.05, 0) is 30.3 Å². The number of fused-ring (bicyclic) bond motifs is 2. The molecular formula is C18H20ClNO4. The molecule has 0 aliphatic carbocycles. The van der Waals surface area contributed by atoms with Crippen LogP contribution in [-0.4, -0.2) is 39.6 Å². The number of halogens is 1. The monoisotopic (exact) mass is 349 g/mol. The molecule has 6 heteroatoms. The minimum absolute atomic E-state index is 0.453. The van der Waals surface area contributed by atoms with Gasteiger partial charge >= 0.3 is 0 Å². The van der Waals surface area contributed by atoms with Crippen LogP contribution in [0.5, 0.6) is 11.5 Å². The van der Waals surface area contributed by atoms with Gasteiger partial charge in [-0.15, -0.1) is 0 Å². The molecule has 0 aromatic heterocycles. The molecule has 1 N–H and O–H groups in total. The number of ether oxygens (including phenoxy) is 4. The zero-order valence-electron chi connectivity index (χ0n) is 13.3. The van der Waals surface area contributed by atoms with Crippen LogP contribution in [0.1, 0.15) is 0 Å². The summed E-state index contributed by atoms with van der Waals surface area (Å²) in [5.41, 5.74) is 1.63. The molecule has 24 heavy (non-hydrogen) atoms. The molecule has 0 unspecified atom stereocenters. The molecule has 5 nitrogen and oxygen atoms in total. The van der Waals surface area contributed by atoms with E-state index in [0.717, 1.165) is 17.1 Å². The lowest BCUT2D eigenvalue weighted by Crippen LogP contribution is -2.13. The molecule has 1 aliphatic rings. The number of nitrogens with one attached hydrogen (secondary N) is 1. The fourth-order valence-electron chi connectivity index (χ4n) is 2.31. The molecular weight excluding hydrogens is 330 g/mol. The molecule has 1 aliphatic heterocycles. The largest absolute Gasteiger partial charge is 0.489 e. The first kappa shape index (κ1) is 16.9. The number of para-hydroxylation sites is 2. The van der Waals surface area contributed by atoms with Crippen molar-refractivity contribution in [1.82, 2.24) is 0 Å². The zero-order chi connectivity index (χ0) is 16.6. The second-order valence-electron chi connectivity index (χ2n) is 5.18. The van der Waals surface area contributed by atoms with Crippen LogP contribution >= 0.6 is 11.6 Å². The Hall–Kier alpha value is -1.95. The first-order valence-corrected chi connectivity index (χ1v) is 8.27. The summed E-state index contributed by atoms with van der Waals surface area (Å²) in [4.78, 5) is 0. The van der Waals surface area contributed by atoms with Gasteiger partial charge in [-0.2, -0.15) is 0 Å². The van der Waals surface area contributed by atoms with Gasteiger partial charge in [0.2, 0.25) is 0 Å². The molecule has 0 saturated heterocycles. The molecule has 0 atom stereocenters. The Morgan fingerprint density at radius 1 is 0.708 bits per heavy atom. The Morgan fingerprint density at radius 3 is 2.08 bits per heavy atom. The Kier molecular flexibility index (Phi) is 6.18. The number of benzene rings is 2. The normalized spacial score (nSPS) is 16.2. The van der Waals surface area contributed by atoms with Crippen molar-refractivity contribution in [2.24, 2.45) is 0 Å². The topological polar surface area (TPSA) is 49.0 Å². The predicted octanol–water partition coefficient (Wildman–Crippen LogP) is 3.89. The van der Waals surface area contributed by atoms with Gasteiger partial charge in [-0.25, -0.2) is 0 Å². The minimum Gasteiger partial charge on any atom is -0.489 e. The lowest BCUT2D eigenvalue weighted by atomic mass is 10.2. The first-order valence-electron chi connectivity index (χ1n) is 7.89. The van der Waals surface area contributed by atoms with Gasteiger partial charge in [0.15, 0.2) is 0 Å². The number of hydrogen-bond acceptors (Lipinski definition) is 5. The van der Waals surface area contributed by atoms with Gasteiger partial charge in [0.25, 0.3) is 0 Å². The quantitative estimate of drug-likeness (QED) is 0.782. The van der Waals surface area contributed by atoms with E-state index in [9.17, 15) is 0 Å². The predicted molar refractivity (Wildman–Crippen MR) is 93.8 cm³/mol. The Balaban J connectivity index is 1.85. The summed E-state index contributed by atoms with van der Waals surface area (Å²) in [5, 5.41) is 3.97. The van der Waals surface area contributed by atoms with Crippen LogP contribution in [0.4, 0.5) is 11.4 Å². The van der Waals surface area contributed by atoms with Crippen LogP contribution in [-0.2, 0) is 9.47 Å². The maximum atomic E-state index is 6.13. The molecule has 0 amide bonds. The van der Waals surface area contributed by atoms with Crippen LogP contribution < -0.4 is 14.8 Å². The highest BCUT2D eigenvalue weighted by molar-refractivity contribution is 6.31. The molecule has 0 spiro atoms. The van der Waals surface area contributed by atoms with Gasteiger partial charge < -0.3 is 24.3 Å². The van der Waals surface area contributed by atoms with Gasteiger partial charge in [0.1, 0.15) is 24.7 Å². The molecule has 128 valence electrons. The van der Waals surface area contributed by atoms with Gasteiger partial charge in [0, 0.05) is 5.02 Å². The average Bonchev–Trinajstić information content (AvgIpc) is 2.59. The van der Waals surface area contributed by atoms with Crippen LogP contribution in [0.2, 0.25) is 5.02 Å². The van der Waals surface area contributed by atoms with Gasteiger partial charge in [0.05, 0.1) is 37.8 Å². The average molecular weight is 350 g/mol. The van der Waals surface area contributed by atoms with E-state index in [1.165, 1.54) is 0 Å². The van der Waals surface area contributed by atoms with E-state index in [1.54, 1.807) is 6.07 Å². The molecule has 1 heterocycles. The van der Waals surface area contributed by atoms with Crippen molar-refractivity contribution in [1.29, 1.82) is 0 Å². The second-order valence-corrected chi connectivity index (χ2v) is 5.62. The van der Waals surface area contributed by atoms with Crippen LogP contribution in [0.3, 0.4) is 0 Å². The van der Waals surface area contributed by atoms with Crippen molar-refractivity contribution < 1.29 is 18.9 Å². The van der Waals surface area contributed by atoms with E-state index < -0.39 is 0 Å². The summed E-state index contributed by atoms with van der Waals surface area (Å²) in [5.74, 6) is 1.46. The lowest BCUT2D eigenvalue weighted by molar-refractivity contribution is 0.0276. The molecule has 0 saturated carbocycles. The second kappa shape index (κ2) is 8.78. The maximum Gasteiger partial charge on any atom is 0.142 e. The lowest BCUT2D eigenvalue weighted by Gasteiger charge is -2.16. The standard InChI is InChI=1S/C18H20ClNO4/c19-14-5-6-18-16(13-14)20-15-3-1-2-4-17(15)23-11-9-21-7-8-22-10-12-24-18/h1-6,13,20H,7-12H2. The van der Waals surface area contributed by atoms with Crippen molar-refractivity contribution in [3.05, 3.63) is 47.5 Å². The van der Waals surface area contributed by atoms with Gasteiger partial charge in [-0.1, -0.05) is 23.7 Å². The number of anilines is 2. The number of rotatable bonds is 0. The van der Waals surface area contributed by atoms with Crippen LogP contribution in [0.15, 0.2) is 42.5 Å². The van der Waals surface area contributed by atoms with E-state index >= 15 is 0 Å². The fraction of sp³-hybridized carbons (Fsp3) is 0.333. The summed E-state index contributed by atoms with van der Waals surface area (Å²) < 4.78 is 22.6. The highest BCUT2D eigenvalue weighted by Gasteiger charge is 2.09. The third kappa shape index (κ3) is 4.77. The fourth-order valence-corrected chi connectivity index (χ4v) is 2.48. The van der Waals surface area contributed by atoms with E-state index in [1.807, 2.05) is 36.4 Å². The first-order chi connectivity index (χ1) is 11.8. The molecule has 0 fully saturated rings. The van der Waals surface area contributed by atoms with Crippen molar-refractivity contribution >= 4 is 23.0 Å². The summed E-state index contributed by atoms with van der Waals surface area (Å²) in [6.07, 6.45) is 0. The summed E-state index contributed by atoms with van der Waals surface area (Å²) in [6.45, 7) is 3.00. The number of hydrogen-bond donors (Lipinski definition) is 1. The maximum absolute atomic E-state index is 6.13. The molecule has 0 radical (unpaired) electrons. The molecule has 3 rings (SSSR count). The Bertz CT molecular complexity index is 665. The van der Waals surface area contributed by atoms with Crippen molar-refractivity contribution in [3.8, 4) is 11.5 Å². The highest BCUT2D eigenvalue weighted by Crippen LogP contribution is 2.34. The molecule has 2 aromatic rings. The zero-order valence-corrected chi connectivity index (χ0v) is 14.1. The van der Waals surface area contributed by atoms with E-state index in [2.05, 4.69) is 5.32 Å². The minimum atomic E-state index is 0.453. The smallest absolute Gasteiger partial charge is 0.142 e. The Labute approximate surface area is 146 Å².